The second-order valence-corrected chi connectivity index (χ2v) is 6.04. The first kappa shape index (κ1) is 20.6. The summed E-state index contributed by atoms with van der Waals surface area (Å²) in [5.41, 5.74) is 5.58. The number of aromatic nitrogens is 2. The second kappa shape index (κ2) is 9.26. The number of carbonyl (C=O) groups is 3. The zero-order valence-corrected chi connectivity index (χ0v) is 15.4. The first-order chi connectivity index (χ1) is 13.3. The van der Waals surface area contributed by atoms with Gasteiger partial charge in [-0.15, -0.1) is 0 Å². The molecule has 2 heterocycles. The highest BCUT2D eigenvalue weighted by Crippen LogP contribution is 2.18. The summed E-state index contributed by atoms with van der Waals surface area (Å²) in [6, 6.07) is 8.13. The molecule has 28 heavy (non-hydrogen) atoms. The van der Waals surface area contributed by atoms with E-state index in [1.807, 2.05) is 48.9 Å². The number of hydrazone groups is 1. The van der Waals surface area contributed by atoms with Crippen LogP contribution in [-0.2, 0) is 14.4 Å². The summed E-state index contributed by atoms with van der Waals surface area (Å²) < 4.78 is 2.03. The van der Waals surface area contributed by atoms with Crippen LogP contribution in [0.2, 0.25) is 0 Å². The lowest BCUT2D eigenvalue weighted by Gasteiger charge is -2.19. The molecule has 1 aromatic heterocycles. The number of aliphatic carboxylic acids is 2. The molecule has 1 aromatic carbocycles. The Morgan fingerprint density at radius 1 is 1.18 bits per heavy atom. The van der Waals surface area contributed by atoms with Crippen LogP contribution in [0.25, 0.3) is 5.69 Å². The lowest BCUT2D eigenvalue weighted by molar-refractivity contribution is -0.134. The molecule has 1 aliphatic heterocycles. The Balaban J connectivity index is 0.000000300. The highest BCUT2D eigenvalue weighted by atomic mass is 16.4. The van der Waals surface area contributed by atoms with Gasteiger partial charge in [0.05, 0.1) is 5.71 Å². The van der Waals surface area contributed by atoms with Crippen LogP contribution in [0.15, 0.2) is 53.9 Å². The number of carboxylic acids is 2. The highest BCUT2D eigenvalue weighted by Gasteiger charge is 2.21. The van der Waals surface area contributed by atoms with Gasteiger partial charge >= 0.3 is 11.9 Å². The van der Waals surface area contributed by atoms with Crippen molar-refractivity contribution in [3.63, 3.8) is 0 Å². The minimum Gasteiger partial charge on any atom is -0.478 e. The van der Waals surface area contributed by atoms with Gasteiger partial charge in [0, 0.05) is 42.6 Å². The number of carboxylic acid groups (broad SMARTS) is 2. The van der Waals surface area contributed by atoms with Gasteiger partial charge in [-0.05, 0) is 24.6 Å². The molecule has 3 N–H and O–H groups in total. The monoisotopic (exact) mass is 384 g/mol. The number of carbonyl (C=O) groups excluding carboxylic acids is 1. The summed E-state index contributed by atoms with van der Waals surface area (Å²) in [5, 5.41) is 19.8. The molecule has 0 saturated carbocycles. The molecule has 1 unspecified atom stereocenters. The Bertz CT molecular complexity index is 912. The van der Waals surface area contributed by atoms with Gasteiger partial charge in [0.2, 0.25) is 5.91 Å². The predicted octanol–water partition coefficient (Wildman–Crippen LogP) is 1.75. The number of imidazole rings is 1. The van der Waals surface area contributed by atoms with Crippen molar-refractivity contribution in [3.05, 3.63) is 60.2 Å². The standard InChI is InChI=1S/C15H16N4O.C4H4O4/c1-10-9-14(20)17-18-15(10)12-3-5-13(6-4-12)19-8-7-16-11(19)2;5-3(6)1-2-4(7)8/h3-8,10H,9H2,1-2H3,(H,17,20);1-2H,(H,5,6)(H,7,8). The topological polar surface area (TPSA) is 134 Å². The number of rotatable bonds is 4. The van der Waals surface area contributed by atoms with E-state index in [4.69, 9.17) is 10.2 Å². The van der Waals surface area contributed by atoms with Crippen molar-refractivity contribution >= 4 is 23.6 Å². The summed E-state index contributed by atoms with van der Waals surface area (Å²) in [4.78, 5) is 34.6. The van der Waals surface area contributed by atoms with E-state index >= 15 is 0 Å². The summed E-state index contributed by atoms with van der Waals surface area (Å²) in [5.74, 6) is -1.44. The number of hydrogen-bond acceptors (Lipinski definition) is 5. The molecule has 0 aliphatic carbocycles. The van der Waals surface area contributed by atoms with Gasteiger partial charge in [0.15, 0.2) is 0 Å². The smallest absolute Gasteiger partial charge is 0.328 e. The molecular formula is C19H20N4O5. The third-order valence-electron chi connectivity index (χ3n) is 3.89. The van der Waals surface area contributed by atoms with E-state index in [1.54, 1.807) is 6.20 Å². The fourth-order valence-electron chi connectivity index (χ4n) is 2.59. The van der Waals surface area contributed by atoms with Crippen LogP contribution in [0.1, 0.15) is 24.7 Å². The van der Waals surface area contributed by atoms with E-state index in [9.17, 15) is 14.4 Å². The lowest BCUT2D eigenvalue weighted by Crippen LogP contribution is -2.31. The Kier molecular flexibility index (Phi) is 6.80. The normalized spacial score (nSPS) is 16.0. The van der Waals surface area contributed by atoms with Crippen molar-refractivity contribution in [2.45, 2.75) is 20.3 Å². The molecule has 0 radical (unpaired) electrons. The summed E-state index contributed by atoms with van der Waals surface area (Å²) >= 11 is 0. The van der Waals surface area contributed by atoms with Crippen LogP contribution in [0.5, 0.6) is 0 Å². The van der Waals surface area contributed by atoms with Crippen molar-refractivity contribution in [3.8, 4) is 5.69 Å². The first-order valence-electron chi connectivity index (χ1n) is 8.39. The molecule has 0 bridgehead atoms. The molecule has 3 rings (SSSR count). The Morgan fingerprint density at radius 3 is 2.25 bits per heavy atom. The zero-order chi connectivity index (χ0) is 20.7. The Hall–Kier alpha value is -3.75. The van der Waals surface area contributed by atoms with Crippen LogP contribution in [0, 0.1) is 12.8 Å². The van der Waals surface area contributed by atoms with E-state index in [2.05, 4.69) is 15.5 Å². The minimum atomic E-state index is -1.26. The van der Waals surface area contributed by atoms with Crippen molar-refractivity contribution in [1.29, 1.82) is 0 Å². The lowest BCUT2D eigenvalue weighted by atomic mass is 9.94. The molecule has 146 valence electrons. The molecule has 0 spiro atoms. The maximum atomic E-state index is 11.3. The van der Waals surface area contributed by atoms with E-state index in [0.717, 1.165) is 22.8 Å². The first-order valence-corrected chi connectivity index (χ1v) is 8.39. The molecule has 0 fully saturated rings. The van der Waals surface area contributed by atoms with Gasteiger partial charge in [-0.25, -0.2) is 20.0 Å². The van der Waals surface area contributed by atoms with Crippen molar-refractivity contribution < 1.29 is 24.6 Å². The highest BCUT2D eigenvalue weighted by molar-refractivity contribution is 6.05. The number of nitrogens with zero attached hydrogens (tertiary/aromatic N) is 3. The van der Waals surface area contributed by atoms with Crippen LogP contribution in [0.4, 0.5) is 0 Å². The van der Waals surface area contributed by atoms with Crippen molar-refractivity contribution in [1.82, 2.24) is 15.0 Å². The second-order valence-electron chi connectivity index (χ2n) is 6.04. The number of benzene rings is 1. The molecule has 1 amide bonds. The zero-order valence-electron chi connectivity index (χ0n) is 15.4. The fourth-order valence-corrected chi connectivity index (χ4v) is 2.59. The Morgan fingerprint density at radius 2 is 1.79 bits per heavy atom. The number of nitrogens with one attached hydrogen (secondary N) is 1. The SMILES string of the molecule is Cc1nccn1-c1ccc(C2=NNC(=O)CC2C)cc1.O=C(O)C=CC(=O)O. The van der Waals surface area contributed by atoms with E-state index in [0.29, 0.717) is 18.6 Å². The van der Waals surface area contributed by atoms with Crippen LogP contribution in [0.3, 0.4) is 0 Å². The minimum absolute atomic E-state index is 0.0214. The van der Waals surface area contributed by atoms with Gasteiger partial charge in [-0.1, -0.05) is 19.1 Å². The third kappa shape index (κ3) is 5.63. The average molecular weight is 384 g/mol. The molecule has 0 saturated heterocycles. The van der Waals surface area contributed by atoms with Crippen LogP contribution >= 0.6 is 0 Å². The molecule has 1 aliphatic rings. The van der Waals surface area contributed by atoms with Crippen molar-refractivity contribution in [2.75, 3.05) is 0 Å². The molecule has 1 atom stereocenters. The van der Waals surface area contributed by atoms with Gasteiger partial charge in [-0.2, -0.15) is 5.10 Å². The molecule has 9 heteroatoms. The van der Waals surface area contributed by atoms with Crippen LogP contribution in [-0.4, -0.2) is 43.3 Å². The van der Waals surface area contributed by atoms with Gasteiger partial charge < -0.3 is 14.8 Å². The number of aryl methyl sites for hydroxylation is 1. The fraction of sp³-hybridized carbons (Fsp3) is 0.211. The summed E-state index contributed by atoms with van der Waals surface area (Å²) in [7, 11) is 0. The van der Waals surface area contributed by atoms with E-state index < -0.39 is 11.9 Å². The summed E-state index contributed by atoms with van der Waals surface area (Å²) in [6.45, 7) is 3.99. The molecule has 9 nitrogen and oxygen atoms in total. The Labute approximate surface area is 161 Å². The van der Waals surface area contributed by atoms with Crippen LogP contribution < -0.4 is 5.43 Å². The van der Waals surface area contributed by atoms with Gasteiger partial charge in [0.1, 0.15) is 5.82 Å². The van der Waals surface area contributed by atoms with Crippen molar-refractivity contribution in [2.24, 2.45) is 11.0 Å². The quantitative estimate of drug-likeness (QED) is 0.688. The van der Waals surface area contributed by atoms with E-state index in [1.165, 1.54) is 0 Å². The maximum absolute atomic E-state index is 11.3. The van der Waals surface area contributed by atoms with Gasteiger partial charge in [0.25, 0.3) is 0 Å². The number of amides is 1. The summed E-state index contributed by atoms with van der Waals surface area (Å²) in [6.07, 6.45) is 5.32. The van der Waals surface area contributed by atoms with E-state index in [-0.39, 0.29) is 11.8 Å². The molecule has 2 aromatic rings. The third-order valence-corrected chi connectivity index (χ3v) is 3.89. The van der Waals surface area contributed by atoms with Gasteiger partial charge in [-0.3, -0.25) is 4.79 Å². The largest absolute Gasteiger partial charge is 0.478 e. The molecular weight excluding hydrogens is 364 g/mol. The maximum Gasteiger partial charge on any atom is 0.328 e. The average Bonchev–Trinajstić information content (AvgIpc) is 3.07. The number of hydrogen-bond donors (Lipinski definition) is 3. The predicted molar refractivity (Wildman–Crippen MR) is 101 cm³/mol.